The van der Waals surface area contributed by atoms with Gasteiger partial charge in [0.25, 0.3) is 0 Å². The molecule has 2 aromatic carbocycles. The molecular weight excluding hydrogens is 424 g/mol. The maximum Gasteiger partial charge on any atom is 0.163 e. The van der Waals surface area contributed by atoms with Gasteiger partial charge in [0.2, 0.25) is 0 Å². The molecule has 2 aromatic rings. The van der Waals surface area contributed by atoms with Crippen LogP contribution < -0.4 is 14.8 Å². The van der Waals surface area contributed by atoms with Crippen LogP contribution in [-0.4, -0.2) is 12.1 Å². The molecule has 0 heterocycles. The zero-order valence-electron chi connectivity index (χ0n) is 18.7. The fraction of sp³-hybridized carbons (Fsp3) is 0.500. The normalized spacial score (nSPS) is 12.2. The maximum absolute atomic E-state index is 14.0. The number of ether oxygens (including phenoxy) is 2. The van der Waals surface area contributed by atoms with Crippen molar-refractivity contribution in [1.29, 1.82) is 0 Å². The molecule has 0 amide bonds. The predicted octanol–water partition coefficient (Wildman–Crippen LogP) is 7.41. The molecule has 0 aliphatic carbocycles. The molecule has 0 aromatic heterocycles. The number of hydrogen-bond donors (Lipinski definition) is 1. The fourth-order valence-electron chi connectivity index (χ4n) is 3.64. The van der Waals surface area contributed by atoms with E-state index in [0.29, 0.717) is 40.3 Å². The van der Waals surface area contributed by atoms with Crippen LogP contribution in [0, 0.1) is 11.2 Å². The Labute approximate surface area is 189 Å². The summed E-state index contributed by atoms with van der Waals surface area (Å²) in [6.07, 6.45) is 1.01. The molecular formula is C24H32Cl2FNO2. The van der Waals surface area contributed by atoms with Gasteiger partial charge in [0.15, 0.2) is 11.5 Å². The van der Waals surface area contributed by atoms with E-state index < -0.39 is 5.82 Å². The Morgan fingerprint density at radius 2 is 1.63 bits per heavy atom. The maximum atomic E-state index is 14.0. The molecule has 30 heavy (non-hydrogen) atoms. The van der Waals surface area contributed by atoms with Crippen molar-refractivity contribution in [2.75, 3.05) is 6.61 Å². The highest BCUT2D eigenvalue weighted by atomic mass is 35.5. The highest BCUT2D eigenvalue weighted by Crippen LogP contribution is 2.35. The standard InChI is InChI=1S/C24H32Cl2FNO2/c1-7-29-21-11-16(13-28-24(5,6)15-23(2,3)4)19(26)12-22(21)30-14-17-18(25)9-8-10-20(17)27/h8-12,28H,7,13-15H2,1-6H3. The molecule has 0 spiro atoms. The molecule has 2 rings (SSSR count). The largest absolute Gasteiger partial charge is 0.490 e. The van der Waals surface area contributed by atoms with Crippen LogP contribution in [0.4, 0.5) is 4.39 Å². The van der Waals surface area contributed by atoms with Gasteiger partial charge in [0.05, 0.1) is 11.6 Å². The molecule has 0 radical (unpaired) electrons. The Balaban J connectivity index is 2.19. The van der Waals surface area contributed by atoms with Crippen molar-refractivity contribution in [2.45, 2.75) is 66.7 Å². The van der Waals surface area contributed by atoms with Crippen LogP contribution in [-0.2, 0) is 13.2 Å². The molecule has 0 saturated carbocycles. The molecule has 166 valence electrons. The molecule has 0 fully saturated rings. The summed E-state index contributed by atoms with van der Waals surface area (Å²) in [6.45, 7) is 14.0. The molecule has 1 N–H and O–H groups in total. The van der Waals surface area contributed by atoms with E-state index >= 15 is 0 Å². The average Bonchev–Trinajstić information content (AvgIpc) is 2.60. The van der Waals surface area contributed by atoms with E-state index in [-0.39, 0.29) is 17.6 Å². The third-order valence-corrected chi connectivity index (χ3v) is 5.28. The Morgan fingerprint density at radius 1 is 0.967 bits per heavy atom. The summed E-state index contributed by atoms with van der Waals surface area (Å²) in [6, 6.07) is 8.15. The highest BCUT2D eigenvalue weighted by Gasteiger charge is 2.25. The van der Waals surface area contributed by atoms with Crippen molar-refractivity contribution in [2.24, 2.45) is 5.41 Å². The lowest BCUT2D eigenvalue weighted by Gasteiger charge is -2.33. The van der Waals surface area contributed by atoms with Crippen molar-refractivity contribution in [3.63, 3.8) is 0 Å². The lowest BCUT2D eigenvalue weighted by atomic mass is 9.82. The lowest BCUT2D eigenvalue weighted by molar-refractivity contribution is 0.240. The van der Waals surface area contributed by atoms with Gasteiger partial charge in [-0.2, -0.15) is 0 Å². The highest BCUT2D eigenvalue weighted by molar-refractivity contribution is 6.31. The first kappa shape index (κ1) is 24.8. The molecule has 6 heteroatoms. The SMILES string of the molecule is CCOc1cc(CNC(C)(C)CC(C)(C)C)c(Cl)cc1OCc1c(F)cccc1Cl. The number of halogens is 3. The fourth-order valence-corrected chi connectivity index (χ4v) is 4.07. The Morgan fingerprint density at radius 3 is 2.23 bits per heavy atom. The van der Waals surface area contributed by atoms with Gasteiger partial charge in [-0.25, -0.2) is 4.39 Å². The van der Waals surface area contributed by atoms with E-state index in [0.717, 1.165) is 12.0 Å². The van der Waals surface area contributed by atoms with Gasteiger partial charge in [0, 0.05) is 28.7 Å². The summed E-state index contributed by atoms with van der Waals surface area (Å²) in [5.41, 5.74) is 1.37. The summed E-state index contributed by atoms with van der Waals surface area (Å²) in [5, 5.41) is 4.47. The third kappa shape index (κ3) is 7.33. The van der Waals surface area contributed by atoms with Gasteiger partial charge in [-0.15, -0.1) is 0 Å². The quantitative estimate of drug-likeness (QED) is 0.426. The van der Waals surface area contributed by atoms with Crippen molar-refractivity contribution in [3.05, 3.63) is 57.3 Å². The van der Waals surface area contributed by atoms with Crippen LogP contribution in [0.15, 0.2) is 30.3 Å². The number of rotatable bonds is 9. The van der Waals surface area contributed by atoms with Gasteiger partial charge < -0.3 is 14.8 Å². The zero-order chi connectivity index (χ0) is 22.5. The minimum atomic E-state index is -0.409. The van der Waals surface area contributed by atoms with E-state index in [1.807, 2.05) is 13.0 Å². The smallest absolute Gasteiger partial charge is 0.163 e. The first-order chi connectivity index (χ1) is 13.9. The van der Waals surface area contributed by atoms with Crippen molar-refractivity contribution < 1.29 is 13.9 Å². The molecule has 0 unspecified atom stereocenters. The van der Waals surface area contributed by atoms with Crippen molar-refractivity contribution >= 4 is 23.2 Å². The molecule has 0 bridgehead atoms. The van der Waals surface area contributed by atoms with E-state index in [1.54, 1.807) is 18.2 Å². The van der Waals surface area contributed by atoms with Crippen LogP contribution >= 0.6 is 23.2 Å². The lowest BCUT2D eigenvalue weighted by Crippen LogP contribution is -2.41. The third-order valence-electron chi connectivity index (χ3n) is 4.58. The van der Waals surface area contributed by atoms with Gasteiger partial charge in [-0.1, -0.05) is 50.0 Å². The number of nitrogens with one attached hydrogen (secondary N) is 1. The van der Waals surface area contributed by atoms with Gasteiger partial charge in [-0.05, 0) is 56.4 Å². The van der Waals surface area contributed by atoms with Gasteiger partial charge in [-0.3, -0.25) is 0 Å². The summed E-state index contributed by atoms with van der Waals surface area (Å²) in [4.78, 5) is 0. The van der Waals surface area contributed by atoms with Crippen LogP contribution in [0.2, 0.25) is 10.0 Å². The zero-order valence-corrected chi connectivity index (χ0v) is 20.2. The number of hydrogen-bond acceptors (Lipinski definition) is 3. The second-order valence-corrected chi connectivity index (χ2v) is 10.1. The van der Waals surface area contributed by atoms with Crippen LogP contribution in [0.1, 0.15) is 59.1 Å². The molecule has 0 saturated heterocycles. The van der Waals surface area contributed by atoms with E-state index in [4.69, 9.17) is 32.7 Å². The van der Waals surface area contributed by atoms with Crippen LogP contribution in [0.3, 0.4) is 0 Å². The molecule has 0 atom stereocenters. The first-order valence-electron chi connectivity index (χ1n) is 10.2. The topological polar surface area (TPSA) is 30.5 Å². The molecule has 0 aliphatic heterocycles. The first-order valence-corrected chi connectivity index (χ1v) is 10.9. The summed E-state index contributed by atoms with van der Waals surface area (Å²) >= 11 is 12.6. The Bertz CT molecular complexity index is 843. The van der Waals surface area contributed by atoms with Gasteiger partial charge in [0.1, 0.15) is 12.4 Å². The summed E-state index contributed by atoms with van der Waals surface area (Å²) in [5.74, 6) is 0.618. The summed E-state index contributed by atoms with van der Waals surface area (Å²) in [7, 11) is 0. The van der Waals surface area contributed by atoms with Gasteiger partial charge >= 0.3 is 0 Å². The van der Waals surface area contributed by atoms with E-state index in [2.05, 4.69) is 39.9 Å². The average molecular weight is 456 g/mol. The molecule has 0 aliphatic rings. The monoisotopic (exact) mass is 455 g/mol. The Hall–Kier alpha value is -1.49. The Kier molecular flexibility index (Phi) is 8.43. The number of benzene rings is 2. The van der Waals surface area contributed by atoms with E-state index in [1.165, 1.54) is 6.07 Å². The van der Waals surface area contributed by atoms with Crippen molar-refractivity contribution in [3.8, 4) is 11.5 Å². The summed E-state index contributed by atoms with van der Waals surface area (Å²) < 4.78 is 25.6. The minimum absolute atomic E-state index is 0.0158. The second kappa shape index (κ2) is 10.2. The predicted molar refractivity (Wildman–Crippen MR) is 123 cm³/mol. The van der Waals surface area contributed by atoms with E-state index in [9.17, 15) is 4.39 Å². The second-order valence-electron chi connectivity index (χ2n) is 9.29. The molecule has 3 nitrogen and oxygen atoms in total. The minimum Gasteiger partial charge on any atom is -0.490 e. The van der Waals surface area contributed by atoms with Crippen LogP contribution in [0.5, 0.6) is 11.5 Å². The van der Waals surface area contributed by atoms with Crippen molar-refractivity contribution in [1.82, 2.24) is 5.32 Å². The van der Waals surface area contributed by atoms with Crippen LogP contribution in [0.25, 0.3) is 0 Å².